The Bertz CT molecular complexity index is 443. The molecule has 17 heavy (non-hydrogen) atoms. The highest BCUT2D eigenvalue weighted by Crippen LogP contribution is 2.37. The number of carbonyl (C=O) groups is 1. The first-order valence-corrected chi connectivity index (χ1v) is 5.82. The van der Waals surface area contributed by atoms with Crippen LogP contribution in [-0.2, 0) is 9.53 Å². The maximum atomic E-state index is 11.3. The molecule has 0 aromatic heterocycles. The Morgan fingerprint density at radius 1 is 1.41 bits per heavy atom. The number of hydrogen-bond acceptors (Lipinski definition) is 4. The molecule has 4 nitrogen and oxygen atoms in total. The van der Waals surface area contributed by atoms with Gasteiger partial charge in [-0.25, -0.2) is 4.79 Å². The van der Waals surface area contributed by atoms with Gasteiger partial charge in [0.05, 0.1) is 18.7 Å². The van der Waals surface area contributed by atoms with Crippen molar-refractivity contribution in [2.75, 3.05) is 14.2 Å². The summed E-state index contributed by atoms with van der Waals surface area (Å²) in [7, 11) is 2.72. The monoisotopic (exact) mass is 302 g/mol. The maximum absolute atomic E-state index is 11.3. The predicted molar refractivity (Wildman–Crippen MR) is 67.1 cm³/mol. The molecule has 0 aliphatic rings. The van der Waals surface area contributed by atoms with Crippen molar-refractivity contribution >= 4 is 21.9 Å². The van der Waals surface area contributed by atoms with Crippen molar-refractivity contribution in [2.45, 2.75) is 20.0 Å². The third-order valence-electron chi connectivity index (χ3n) is 2.68. The third kappa shape index (κ3) is 2.61. The van der Waals surface area contributed by atoms with Gasteiger partial charge < -0.3 is 14.6 Å². The highest BCUT2D eigenvalue weighted by atomic mass is 79.9. The lowest BCUT2D eigenvalue weighted by Gasteiger charge is -2.17. The topological polar surface area (TPSA) is 55.8 Å². The fourth-order valence-electron chi connectivity index (χ4n) is 1.53. The van der Waals surface area contributed by atoms with Crippen LogP contribution in [0.3, 0.4) is 0 Å². The number of ether oxygens (including phenoxy) is 2. The van der Waals surface area contributed by atoms with Crippen LogP contribution in [0.1, 0.15) is 22.8 Å². The molecule has 0 aliphatic heterocycles. The van der Waals surface area contributed by atoms with E-state index in [0.29, 0.717) is 11.3 Å². The van der Waals surface area contributed by atoms with E-state index in [0.717, 1.165) is 15.6 Å². The first-order valence-electron chi connectivity index (χ1n) is 5.03. The number of aryl methyl sites for hydroxylation is 1. The zero-order chi connectivity index (χ0) is 13.2. The smallest absolute Gasteiger partial charge is 0.339 e. The van der Waals surface area contributed by atoms with E-state index in [1.54, 1.807) is 6.07 Å². The molecule has 1 aromatic carbocycles. The predicted octanol–water partition coefficient (Wildman–Crippen LogP) is 2.28. The number of carbonyl (C=O) groups excluding carboxylic acids is 1. The lowest BCUT2D eigenvalue weighted by atomic mass is 10.0. The van der Waals surface area contributed by atoms with Crippen LogP contribution in [0.5, 0.6) is 5.75 Å². The molecule has 5 heteroatoms. The van der Waals surface area contributed by atoms with Crippen molar-refractivity contribution in [3.05, 3.63) is 27.2 Å². The molecule has 0 radical (unpaired) electrons. The minimum absolute atomic E-state index is 0.398. The molecular formula is C12H15BrO4. The van der Waals surface area contributed by atoms with Crippen molar-refractivity contribution in [2.24, 2.45) is 0 Å². The van der Waals surface area contributed by atoms with Gasteiger partial charge in [0.15, 0.2) is 6.10 Å². The first kappa shape index (κ1) is 14.0. The summed E-state index contributed by atoms with van der Waals surface area (Å²) in [4.78, 5) is 11.3. The van der Waals surface area contributed by atoms with E-state index in [4.69, 9.17) is 4.74 Å². The van der Waals surface area contributed by atoms with Crippen molar-refractivity contribution in [1.82, 2.24) is 0 Å². The van der Waals surface area contributed by atoms with Gasteiger partial charge in [0.2, 0.25) is 0 Å². The van der Waals surface area contributed by atoms with Crippen molar-refractivity contribution in [1.29, 1.82) is 0 Å². The number of hydrogen-bond donors (Lipinski definition) is 1. The van der Waals surface area contributed by atoms with Gasteiger partial charge in [-0.1, -0.05) is 0 Å². The molecule has 94 valence electrons. The Labute approximate surface area is 109 Å². The van der Waals surface area contributed by atoms with E-state index < -0.39 is 12.1 Å². The lowest BCUT2D eigenvalue weighted by molar-refractivity contribution is -0.150. The van der Waals surface area contributed by atoms with Crippen LogP contribution in [0.25, 0.3) is 0 Å². The minimum Gasteiger partial charge on any atom is -0.495 e. The summed E-state index contributed by atoms with van der Waals surface area (Å²) in [5.74, 6) is -0.260. The van der Waals surface area contributed by atoms with Gasteiger partial charge in [-0.05, 0) is 47.0 Å². The molecule has 0 saturated carbocycles. The minimum atomic E-state index is -1.34. The van der Waals surface area contributed by atoms with Crippen molar-refractivity contribution in [3.8, 4) is 5.75 Å². The van der Waals surface area contributed by atoms with Gasteiger partial charge in [0, 0.05) is 5.56 Å². The third-order valence-corrected chi connectivity index (χ3v) is 3.63. The van der Waals surface area contributed by atoms with Crippen LogP contribution in [0.2, 0.25) is 0 Å². The standard InChI is InChI=1S/C12H15BrO4/c1-6-5-8(10(14)12(15)17-4)11(16-3)9(13)7(6)2/h5,10,14H,1-4H3. The number of rotatable bonds is 3. The molecule has 1 atom stereocenters. The van der Waals surface area contributed by atoms with Crippen LogP contribution in [0.4, 0.5) is 0 Å². The summed E-state index contributed by atoms with van der Waals surface area (Å²) >= 11 is 3.39. The van der Waals surface area contributed by atoms with E-state index in [1.165, 1.54) is 14.2 Å². The van der Waals surface area contributed by atoms with Crippen molar-refractivity contribution in [3.63, 3.8) is 0 Å². The summed E-state index contributed by atoms with van der Waals surface area (Å²) in [5.41, 5.74) is 2.35. The van der Waals surface area contributed by atoms with Gasteiger partial charge in [0.1, 0.15) is 5.75 Å². The molecule has 1 rings (SSSR count). The van der Waals surface area contributed by atoms with E-state index in [9.17, 15) is 9.90 Å². The number of esters is 1. The summed E-state index contributed by atoms with van der Waals surface area (Å²) in [6, 6.07) is 1.72. The second kappa shape index (κ2) is 5.51. The lowest BCUT2D eigenvalue weighted by Crippen LogP contribution is -2.15. The first-order chi connectivity index (χ1) is 7.93. The number of aliphatic hydroxyl groups excluding tert-OH is 1. The summed E-state index contributed by atoms with van der Waals surface area (Å²) < 4.78 is 10.5. The fourth-order valence-corrected chi connectivity index (χ4v) is 2.23. The van der Waals surface area contributed by atoms with E-state index in [2.05, 4.69) is 20.7 Å². The van der Waals surface area contributed by atoms with Crippen LogP contribution in [0, 0.1) is 13.8 Å². The number of benzene rings is 1. The molecule has 1 aromatic rings. The second-order valence-corrected chi connectivity index (χ2v) is 4.47. The molecule has 0 aliphatic carbocycles. The Hall–Kier alpha value is -1.07. The molecule has 1 unspecified atom stereocenters. The molecular weight excluding hydrogens is 288 g/mol. The Morgan fingerprint density at radius 3 is 2.47 bits per heavy atom. The van der Waals surface area contributed by atoms with E-state index in [-0.39, 0.29) is 0 Å². The van der Waals surface area contributed by atoms with Gasteiger partial charge in [-0.2, -0.15) is 0 Å². The van der Waals surface area contributed by atoms with Crippen LogP contribution in [0.15, 0.2) is 10.5 Å². The maximum Gasteiger partial charge on any atom is 0.339 e. The van der Waals surface area contributed by atoms with Crippen LogP contribution < -0.4 is 4.74 Å². The number of halogens is 1. The Morgan fingerprint density at radius 2 is 2.00 bits per heavy atom. The molecule has 1 N–H and O–H groups in total. The summed E-state index contributed by atoms with van der Waals surface area (Å²) in [5, 5.41) is 9.87. The Kier molecular flexibility index (Phi) is 4.54. The zero-order valence-electron chi connectivity index (χ0n) is 10.2. The Balaban J connectivity index is 3.37. The normalized spacial score (nSPS) is 12.1. The molecule has 0 saturated heterocycles. The molecule has 0 spiro atoms. The van der Waals surface area contributed by atoms with Crippen molar-refractivity contribution < 1.29 is 19.4 Å². The van der Waals surface area contributed by atoms with Crippen LogP contribution >= 0.6 is 15.9 Å². The average molecular weight is 303 g/mol. The molecule has 0 fully saturated rings. The SMILES string of the molecule is COC(=O)C(O)c1cc(C)c(C)c(Br)c1OC. The summed E-state index contributed by atoms with van der Waals surface area (Å²) in [6.07, 6.45) is -1.34. The van der Waals surface area contributed by atoms with E-state index >= 15 is 0 Å². The highest BCUT2D eigenvalue weighted by Gasteiger charge is 2.24. The van der Waals surface area contributed by atoms with Gasteiger partial charge in [-0.15, -0.1) is 0 Å². The van der Waals surface area contributed by atoms with Gasteiger partial charge in [-0.3, -0.25) is 0 Å². The average Bonchev–Trinajstić information content (AvgIpc) is 2.33. The second-order valence-electron chi connectivity index (χ2n) is 3.68. The number of aliphatic hydroxyl groups is 1. The molecule has 0 amide bonds. The highest BCUT2D eigenvalue weighted by molar-refractivity contribution is 9.10. The quantitative estimate of drug-likeness (QED) is 0.870. The molecule has 0 heterocycles. The van der Waals surface area contributed by atoms with E-state index in [1.807, 2.05) is 13.8 Å². The van der Waals surface area contributed by atoms with Crippen LogP contribution in [-0.4, -0.2) is 25.3 Å². The van der Waals surface area contributed by atoms with Gasteiger partial charge >= 0.3 is 5.97 Å². The summed E-state index contributed by atoms with van der Waals surface area (Å²) in [6.45, 7) is 3.82. The number of methoxy groups -OCH3 is 2. The van der Waals surface area contributed by atoms with Gasteiger partial charge in [0.25, 0.3) is 0 Å². The largest absolute Gasteiger partial charge is 0.495 e. The molecule has 0 bridgehead atoms. The zero-order valence-corrected chi connectivity index (χ0v) is 11.8. The fraction of sp³-hybridized carbons (Fsp3) is 0.417.